The molecule has 1 N–H and O–H groups in total. The summed E-state index contributed by atoms with van der Waals surface area (Å²) in [4.78, 5) is 24.4. The Hall–Kier alpha value is -2.42. The molecule has 9 heteroatoms. The van der Waals surface area contributed by atoms with Crippen LogP contribution in [0.25, 0.3) is 0 Å². The van der Waals surface area contributed by atoms with E-state index in [0.717, 1.165) is 31.2 Å². The Labute approximate surface area is 187 Å². The first-order chi connectivity index (χ1) is 14.9. The summed E-state index contributed by atoms with van der Waals surface area (Å²) in [5.41, 5.74) is 0.900. The van der Waals surface area contributed by atoms with Gasteiger partial charge in [0, 0.05) is 24.7 Å². The summed E-state index contributed by atoms with van der Waals surface area (Å²) in [6, 6.07) is 12.8. The first kappa shape index (κ1) is 23.2. The Morgan fingerprint density at radius 3 is 2.42 bits per heavy atom. The largest absolute Gasteiger partial charge is 0.452 e. The quantitative estimate of drug-likeness (QED) is 0.634. The molecule has 0 aliphatic carbocycles. The number of ether oxygens (including phenoxy) is 1. The molecule has 31 heavy (non-hydrogen) atoms. The third kappa shape index (κ3) is 6.53. The van der Waals surface area contributed by atoms with Gasteiger partial charge in [0.15, 0.2) is 6.61 Å². The number of carbonyl (C=O) groups excluding carboxylic acids is 2. The van der Waals surface area contributed by atoms with E-state index in [0.29, 0.717) is 18.1 Å². The molecule has 0 unspecified atom stereocenters. The van der Waals surface area contributed by atoms with Gasteiger partial charge in [0.25, 0.3) is 5.91 Å². The van der Waals surface area contributed by atoms with E-state index in [2.05, 4.69) is 5.32 Å². The minimum absolute atomic E-state index is 0.0502. The van der Waals surface area contributed by atoms with Gasteiger partial charge in [-0.2, -0.15) is 4.31 Å². The van der Waals surface area contributed by atoms with E-state index in [4.69, 9.17) is 16.3 Å². The summed E-state index contributed by atoms with van der Waals surface area (Å²) in [7, 11) is -3.68. The normalized spacial score (nSPS) is 15.1. The Kier molecular flexibility index (Phi) is 8.06. The lowest BCUT2D eigenvalue weighted by atomic mass is 10.2. The molecule has 7 nitrogen and oxygen atoms in total. The van der Waals surface area contributed by atoms with E-state index in [9.17, 15) is 18.0 Å². The van der Waals surface area contributed by atoms with Crippen LogP contribution in [0.15, 0.2) is 53.4 Å². The van der Waals surface area contributed by atoms with Crippen LogP contribution >= 0.6 is 11.6 Å². The maximum atomic E-state index is 12.9. The number of rotatable bonds is 7. The first-order valence-corrected chi connectivity index (χ1v) is 12.0. The number of nitrogens with one attached hydrogen (secondary N) is 1. The molecule has 166 valence electrons. The van der Waals surface area contributed by atoms with Crippen molar-refractivity contribution in [2.75, 3.05) is 19.7 Å². The molecule has 0 saturated carbocycles. The standard InChI is InChI=1S/C22H25ClN2O5S/c23-19-9-5-7-17(13-19)15-24-21(26)16-30-22(27)18-8-6-10-20(14-18)31(28,29)25-11-3-1-2-4-12-25/h5-10,13-14H,1-4,11-12,15-16H2,(H,24,26). The molecule has 1 aliphatic rings. The minimum atomic E-state index is -3.68. The number of benzene rings is 2. The van der Waals surface area contributed by atoms with E-state index in [1.165, 1.54) is 28.6 Å². The van der Waals surface area contributed by atoms with E-state index in [-0.39, 0.29) is 17.0 Å². The Balaban J connectivity index is 1.57. The lowest BCUT2D eigenvalue weighted by Gasteiger charge is -2.20. The number of carbonyl (C=O) groups is 2. The smallest absolute Gasteiger partial charge is 0.338 e. The summed E-state index contributed by atoms with van der Waals surface area (Å²) in [5.74, 6) is -1.23. The number of amides is 1. The number of hydrogen-bond acceptors (Lipinski definition) is 5. The van der Waals surface area contributed by atoms with E-state index >= 15 is 0 Å². The van der Waals surface area contributed by atoms with Gasteiger partial charge in [0.05, 0.1) is 10.5 Å². The fourth-order valence-electron chi connectivity index (χ4n) is 3.33. The topological polar surface area (TPSA) is 92.8 Å². The van der Waals surface area contributed by atoms with Gasteiger partial charge in [-0.1, -0.05) is 42.6 Å². The van der Waals surface area contributed by atoms with Crippen molar-refractivity contribution in [2.24, 2.45) is 0 Å². The highest BCUT2D eigenvalue weighted by Crippen LogP contribution is 2.21. The van der Waals surface area contributed by atoms with Crippen LogP contribution < -0.4 is 5.32 Å². The van der Waals surface area contributed by atoms with Crippen molar-refractivity contribution in [1.82, 2.24) is 9.62 Å². The number of hydrogen-bond donors (Lipinski definition) is 1. The monoisotopic (exact) mass is 464 g/mol. The first-order valence-electron chi connectivity index (χ1n) is 10.1. The Morgan fingerprint density at radius 2 is 1.71 bits per heavy atom. The average molecular weight is 465 g/mol. The van der Waals surface area contributed by atoms with Gasteiger partial charge in [-0.15, -0.1) is 0 Å². The molecule has 0 aromatic heterocycles. The van der Waals surface area contributed by atoms with Crippen molar-refractivity contribution in [2.45, 2.75) is 37.1 Å². The minimum Gasteiger partial charge on any atom is -0.452 e. The van der Waals surface area contributed by atoms with Gasteiger partial charge in [0.2, 0.25) is 10.0 Å². The summed E-state index contributed by atoms with van der Waals surface area (Å²) < 4.78 is 32.4. The molecule has 1 heterocycles. The maximum absolute atomic E-state index is 12.9. The predicted octanol–water partition coefficient (Wildman–Crippen LogP) is 3.38. The van der Waals surface area contributed by atoms with Crippen LogP contribution in [0.1, 0.15) is 41.6 Å². The van der Waals surface area contributed by atoms with E-state index in [1.54, 1.807) is 18.2 Å². The van der Waals surface area contributed by atoms with Crippen LogP contribution in [-0.4, -0.2) is 44.3 Å². The molecule has 3 rings (SSSR count). The lowest BCUT2D eigenvalue weighted by molar-refractivity contribution is -0.124. The SMILES string of the molecule is O=C(COC(=O)c1cccc(S(=O)(=O)N2CCCCCC2)c1)NCc1cccc(Cl)c1. The van der Waals surface area contributed by atoms with Crippen molar-refractivity contribution in [1.29, 1.82) is 0 Å². The predicted molar refractivity (Wildman–Crippen MR) is 117 cm³/mol. The molecule has 1 aliphatic heterocycles. The third-order valence-electron chi connectivity index (χ3n) is 4.99. The van der Waals surface area contributed by atoms with Crippen LogP contribution in [0.3, 0.4) is 0 Å². The number of esters is 1. The lowest BCUT2D eigenvalue weighted by Crippen LogP contribution is -2.32. The van der Waals surface area contributed by atoms with Gasteiger partial charge < -0.3 is 10.1 Å². The zero-order valence-corrected chi connectivity index (χ0v) is 18.6. The molecule has 0 atom stereocenters. The summed E-state index contributed by atoms with van der Waals surface area (Å²) in [6.45, 7) is 0.733. The van der Waals surface area contributed by atoms with Gasteiger partial charge >= 0.3 is 5.97 Å². The fourth-order valence-corrected chi connectivity index (χ4v) is 5.10. The second-order valence-corrected chi connectivity index (χ2v) is 9.70. The second-order valence-electron chi connectivity index (χ2n) is 7.33. The number of halogens is 1. The van der Waals surface area contributed by atoms with E-state index in [1.807, 2.05) is 6.07 Å². The zero-order chi connectivity index (χ0) is 22.3. The maximum Gasteiger partial charge on any atom is 0.338 e. The molecule has 1 fully saturated rings. The van der Waals surface area contributed by atoms with E-state index < -0.39 is 28.5 Å². The Bertz CT molecular complexity index is 1030. The van der Waals surface area contributed by atoms with Crippen LogP contribution in [0.4, 0.5) is 0 Å². The van der Waals surface area contributed by atoms with Crippen molar-refractivity contribution < 1.29 is 22.7 Å². The molecular formula is C22H25ClN2O5S. The third-order valence-corrected chi connectivity index (χ3v) is 7.12. The molecule has 1 saturated heterocycles. The highest BCUT2D eigenvalue weighted by atomic mass is 35.5. The second kappa shape index (κ2) is 10.7. The van der Waals surface area contributed by atoms with Crippen molar-refractivity contribution in [3.63, 3.8) is 0 Å². The summed E-state index contributed by atoms with van der Waals surface area (Å²) in [6.07, 6.45) is 3.67. The van der Waals surface area contributed by atoms with Crippen molar-refractivity contribution >= 4 is 33.5 Å². The number of sulfonamides is 1. The van der Waals surface area contributed by atoms with Gasteiger partial charge in [-0.05, 0) is 48.7 Å². The molecule has 0 radical (unpaired) electrons. The van der Waals surface area contributed by atoms with Crippen LogP contribution in [0, 0.1) is 0 Å². The molecule has 0 spiro atoms. The van der Waals surface area contributed by atoms with Gasteiger partial charge in [-0.3, -0.25) is 4.79 Å². The van der Waals surface area contributed by atoms with Gasteiger partial charge in [-0.25, -0.2) is 13.2 Å². The summed E-state index contributed by atoms with van der Waals surface area (Å²) >= 11 is 5.91. The van der Waals surface area contributed by atoms with Crippen LogP contribution in [-0.2, 0) is 26.1 Å². The number of nitrogens with zero attached hydrogens (tertiary/aromatic N) is 1. The molecule has 1 amide bonds. The van der Waals surface area contributed by atoms with Gasteiger partial charge in [0.1, 0.15) is 0 Å². The molecule has 2 aromatic rings. The zero-order valence-electron chi connectivity index (χ0n) is 17.1. The highest BCUT2D eigenvalue weighted by molar-refractivity contribution is 7.89. The Morgan fingerprint density at radius 1 is 1.00 bits per heavy atom. The van der Waals surface area contributed by atoms with Crippen LogP contribution in [0.2, 0.25) is 5.02 Å². The van der Waals surface area contributed by atoms with Crippen molar-refractivity contribution in [3.8, 4) is 0 Å². The molecular weight excluding hydrogens is 440 g/mol. The average Bonchev–Trinajstić information content (AvgIpc) is 3.06. The molecule has 0 bridgehead atoms. The highest BCUT2D eigenvalue weighted by Gasteiger charge is 2.26. The summed E-state index contributed by atoms with van der Waals surface area (Å²) in [5, 5.41) is 3.20. The van der Waals surface area contributed by atoms with Crippen LogP contribution in [0.5, 0.6) is 0 Å². The molecule has 2 aromatic carbocycles. The fraction of sp³-hybridized carbons (Fsp3) is 0.364. The van der Waals surface area contributed by atoms with Crippen molar-refractivity contribution in [3.05, 3.63) is 64.7 Å².